The molecule has 0 saturated heterocycles. The van der Waals surface area contributed by atoms with E-state index in [4.69, 9.17) is 0 Å². The van der Waals surface area contributed by atoms with Crippen molar-refractivity contribution < 1.29 is 13.2 Å². The lowest BCUT2D eigenvalue weighted by Crippen LogP contribution is -2.48. The first kappa shape index (κ1) is 18.0. The van der Waals surface area contributed by atoms with Gasteiger partial charge >= 0.3 is 6.18 Å². The van der Waals surface area contributed by atoms with Crippen molar-refractivity contribution in [3.8, 4) is 0 Å². The molecule has 0 aliphatic heterocycles. The average molecular weight is 301 g/mol. The van der Waals surface area contributed by atoms with Gasteiger partial charge in [0.1, 0.15) is 0 Å². The molecule has 1 unspecified atom stereocenters. The van der Waals surface area contributed by atoms with Crippen LogP contribution in [0.5, 0.6) is 0 Å². The topological polar surface area (TPSA) is 12.0 Å². The molecule has 0 bridgehead atoms. The molecule has 0 spiro atoms. The van der Waals surface area contributed by atoms with E-state index < -0.39 is 12.6 Å². The minimum absolute atomic E-state index is 0.119. The van der Waals surface area contributed by atoms with Crippen LogP contribution in [0.15, 0.2) is 30.3 Å². The average Bonchev–Trinajstić information content (AvgIpc) is 2.46. The third kappa shape index (κ3) is 4.73. The maximum Gasteiger partial charge on any atom is 0.389 e. The van der Waals surface area contributed by atoms with Crippen molar-refractivity contribution in [2.75, 3.05) is 6.54 Å². The Labute approximate surface area is 125 Å². The lowest BCUT2D eigenvalue weighted by Gasteiger charge is -2.41. The third-order valence-electron chi connectivity index (χ3n) is 4.44. The minimum atomic E-state index is -4.10. The summed E-state index contributed by atoms with van der Waals surface area (Å²) in [6, 6.07) is 9.76. The smallest absolute Gasteiger partial charge is 0.313 e. The molecule has 1 nitrogen and oxygen atoms in total. The van der Waals surface area contributed by atoms with E-state index in [1.54, 1.807) is 0 Å². The van der Waals surface area contributed by atoms with Gasteiger partial charge in [0.15, 0.2) is 0 Å². The molecule has 21 heavy (non-hydrogen) atoms. The summed E-state index contributed by atoms with van der Waals surface area (Å²) < 4.78 is 37.9. The molecule has 0 fully saturated rings. The van der Waals surface area contributed by atoms with Gasteiger partial charge in [0.2, 0.25) is 0 Å². The Bertz CT molecular complexity index is 396. The Morgan fingerprint density at radius 3 is 2.00 bits per heavy atom. The van der Waals surface area contributed by atoms with Gasteiger partial charge in [0, 0.05) is 17.9 Å². The summed E-state index contributed by atoms with van der Waals surface area (Å²) in [6.45, 7) is 6.75. The van der Waals surface area contributed by atoms with Crippen LogP contribution in [0, 0.1) is 0 Å². The van der Waals surface area contributed by atoms with Crippen molar-refractivity contribution in [3.63, 3.8) is 0 Å². The van der Waals surface area contributed by atoms with Crippen molar-refractivity contribution in [1.82, 2.24) is 5.32 Å². The number of rotatable bonds is 8. The lowest BCUT2D eigenvalue weighted by atomic mass is 9.68. The highest BCUT2D eigenvalue weighted by molar-refractivity contribution is 5.27. The van der Waals surface area contributed by atoms with Crippen molar-refractivity contribution >= 4 is 0 Å². The Morgan fingerprint density at radius 1 is 1.00 bits per heavy atom. The summed E-state index contributed by atoms with van der Waals surface area (Å²) in [4.78, 5) is 0. The second-order valence-corrected chi connectivity index (χ2v) is 5.49. The van der Waals surface area contributed by atoms with E-state index in [2.05, 4.69) is 19.2 Å². The fourth-order valence-electron chi connectivity index (χ4n) is 3.25. The van der Waals surface area contributed by atoms with Crippen LogP contribution in [0.1, 0.15) is 52.0 Å². The minimum Gasteiger partial charge on any atom is -0.313 e. The van der Waals surface area contributed by atoms with Gasteiger partial charge < -0.3 is 5.32 Å². The summed E-state index contributed by atoms with van der Waals surface area (Å²) in [6.07, 6.45) is -3.07. The summed E-state index contributed by atoms with van der Waals surface area (Å²) in [7, 11) is 0. The molecular weight excluding hydrogens is 275 g/mol. The van der Waals surface area contributed by atoms with E-state index in [1.807, 2.05) is 37.3 Å². The van der Waals surface area contributed by atoms with Gasteiger partial charge in [-0.3, -0.25) is 0 Å². The number of hydrogen-bond acceptors (Lipinski definition) is 1. The molecule has 0 amide bonds. The number of nitrogens with one attached hydrogen (secondary N) is 1. The van der Waals surface area contributed by atoms with Crippen molar-refractivity contribution in [1.29, 1.82) is 0 Å². The second-order valence-electron chi connectivity index (χ2n) is 5.49. The van der Waals surface area contributed by atoms with Gasteiger partial charge in [0.05, 0.1) is 0 Å². The van der Waals surface area contributed by atoms with Crippen LogP contribution in [-0.2, 0) is 5.41 Å². The highest BCUT2D eigenvalue weighted by Crippen LogP contribution is 2.38. The zero-order valence-corrected chi connectivity index (χ0v) is 13.1. The molecule has 4 heteroatoms. The van der Waals surface area contributed by atoms with Gasteiger partial charge in [-0.15, -0.1) is 0 Å². The van der Waals surface area contributed by atoms with Gasteiger partial charge in [-0.25, -0.2) is 0 Å². The standard InChI is InChI=1S/C17H26F3N/c1-4-16(5-2,14-10-8-7-9-11-14)15(21-6-3)12-13-17(18,19)20/h7-11,15,21H,4-6,12-13H2,1-3H3. The molecular formula is C17H26F3N. The number of alkyl halides is 3. The third-order valence-corrected chi connectivity index (χ3v) is 4.44. The van der Waals surface area contributed by atoms with Gasteiger partial charge in [-0.1, -0.05) is 51.1 Å². The largest absolute Gasteiger partial charge is 0.389 e. The van der Waals surface area contributed by atoms with Crippen molar-refractivity contribution in [2.24, 2.45) is 0 Å². The number of likely N-dealkylation sites (N-methyl/N-ethyl adjacent to an activating group) is 1. The van der Waals surface area contributed by atoms with E-state index in [0.717, 1.165) is 18.4 Å². The molecule has 120 valence electrons. The molecule has 1 atom stereocenters. The first-order valence-corrected chi connectivity index (χ1v) is 7.75. The van der Waals surface area contributed by atoms with Crippen LogP contribution in [0.4, 0.5) is 13.2 Å². The summed E-state index contributed by atoms with van der Waals surface area (Å²) in [5.41, 5.74) is 0.880. The molecule has 0 aliphatic rings. The highest BCUT2D eigenvalue weighted by Gasteiger charge is 2.39. The van der Waals surface area contributed by atoms with Gasteiger partial charge in [0.25, 0.3) is 0 Å². The molecule has 0 saturated carbocycles. The quantitative estimate of drug-likeness (QED) is 0.707. The molecule has 0 aliphatic carbocycles. The van der Waals surface area contributed by atoms with Crippen LogP contribution < -0.4 is 5.32 Å². The number of hydrogen-bond donors (Lipinski definition) is 1. The molecule has 1 N–H and O–H groups in total. The van der Waals surface area contributed by atoms with Crippen LogP contribution in [-0.4, -0.2) is 18.8 Å². The zero-order valence-electron chi connectivity index (χ0n) is 13.1. The highest BCUT2D eigenvalue weighted by atomic mass is 19.4. The monoisotopic (exact) mass is 301 g/mol. The number of halogens is 3. The zero-order chi connectivity index (χ0) is 15.9. The second kappa shape index (κ2) is 7.83. The van der Waals surface area contributed by atoms with Crippen LogP contribution in [0.2, 0.25) is 0 Å². The molecule has 0 heterocycles. The van der Waals surface area contributed by atoms with Crippen LogP contribution >= 0.6 is 0 Å². The van der Waals surface area contributed by atoms with E-state index in [9.17, 15) is 13.2 Å². The maximum absolute atomic E-state index is 12.6. The Morgan fingerprint density at radius 2 is 1.57 bits per heavy atom. The van der Waals surface area contributed by atoms with Crippen LogP contribution in [0.3, 0.4) is 0 Å². The van der Waals surface area contributed by atoms with Gasteiger partial charge in [-0.05, 0) is 31.4 Å². The summed E-state index contributed by atoms with van der Waals surface area (Å²) in [5.74, 6) is 0. The molecule has 1 rings (SSSR count). The first-order valence-electron chi connectivity index (χ1n) is 7.75. The molecule has 0 aromatic heterocycles. The first-order chi connectivity index (χ1) is 9.89. The van der Waals surface area contributed by atoms with Gasteiger partial charge in [-0.2, -0.15) is 13.2 Å². The Balaban J connectivity index is 3.08. The molecule has 0 radical (unpaired) electrons. The summed E-state index contributed by atoms with van der Waals surface area (Å²) >= 11 is 0. The normalized spacial score (nSPS) is 14.2. The van der Waals surface area contributed by atoms with E-state index in [1.165, 1.54) is 0 Å². The Kier molecular flexibility index (Phi) is 6.72. The van der Waals surface area contributed by atoms with Crippen molar-refractivity contribution in [2.45, 2.75) is 64.1 Å². The van der Waals surface area contributed by atoms with Crippen LogP contribution in [0.25, 0.3) is 0 Å². The predicted molar refractivity (Wildman–Crippen MR) is 81.5 cm³/mol. The van der Waals surface area contributed by atoms with E-state index >= 15 is 0 Å². The Hall–Kier alpha value is -1.03. The SMILES string of the molecule is CCNC(CCC(F)(F)F)C(CC)(CC)c1ccccc1. The fraction of sp³-hybridized carbons (Fsp3) is 0.647. The van der Waals surface area contributed by atoms with E-state index in [-0.39, 0.29) is 17.9 Å². The lowest BCUT2D eigenvalue weighted by molar-refractivity contribution is -0.137. The fourth-order valence-corrected chi connectivity index (χ4v) is 3.25. The predicted octanol–water partition coefficient (Wildman–Crippen LogP) is 5.07. The number of benzene rings is 1. The van der Waals surface area contributed by atoms with E-state index in [0.29, 0.717) is 6.54 Å². The molecule has 1 aromatic rings. The van der Waals surface area contributed by atoms with Crippen molar-refractivity contribution in [3.05, 3.63) is 35.9 Å². The molecule has 1 aromatic carbocycles. The summed E-state index contributed by atoms with van der Waals surface area (Å²) in [5, 5.41) is 3.30. The maximum atomic E-state index is 12.6.